The molecular weight excluding hydrogens is 238 g/mol. The second-order valence-corrected chi connectivity index (χ2v) is 6.21. The van der Waals surface area contributed by atoms with Gasteiger partial charge in [0, 0.05) is 5.92 Å². The van der Waals surface area contributed by atoms with Crippen LogP contribution in [0.1, 0.15) is 76.4 Å². The van der Waals surface area contributed by atoms with Gasteiger partial charge in [-0.3, -0.25) is 0 Å². The van der Waals surface area contributed by atoms with Crippen LogP contribution in [-0.2, 0) is 5.54 Å². The van der Waals surface area contributed by atoms with Gasteiger partial charge in [-0.2, -0.15) is 4.98 Å². The fraction of sp³-hybridized carbons (Fsp3) is 0.867. The summed E-state index contributed by atoms with van der Waals surface area (Å²) >= 11 is 0. The number of hydrogen-bond donors (Lipinski definition) is 1. The summed E-state index contributed by atoms with van der Waals surface area (Å²) in [5, 5.41) is 7.84. The molecule has 4 heteroatoms. The standard InChI is InChI=1S/C15H25N3O/c1-3-11-6-7-12(10-11)13-17-14(19-18-13)15(4-2)8-5-9-16-15/h11-12,16H,3-10H2,1-2H3. The van der Waals surface area contributed by atoms with Crippen LogP contribution in [0.4, 0.5) is 0 Å². The smallest absolute Gasteiger partial charge is 0.246 e. The molecule has 2 fully saturated rings. The van der Waals surface area contributed by atoms with Crippen LogP contribution < -0.4 is 5.32 Å². The van der Waals surface area contributed by atoms with Crippen LogP contribution in [0.2, 0.25) is 0 Å². The van der Waals surface area contributed by atoms with Crippen molar-refractivity contribution in [3.05, 3.63) is 11.7 Å². The minimum atomic E-state index is -0.0476. The molecule has 1 aromatic rings. The van der Waals surface area contributed by atoms with Crippen molar-refractivity contribution in [2.24, 2.45) is 5.92 Å². The molecule has 19 heavy (non-hydrogen) atoms. The highest BCUT2D eigenvalue weighted by Crippen LogP contribution is 2.40. The lowest BCUT2D eigenvalue weighted by atomic mass is 9.94. The molecular formula is C15H25N3O. The molecule has 106 valence electrons. The minimum absolute atomic E-state index is 0.0476. The molecule has 1 saturated carbocycles. The Labute approximate surface area is 115 Å². The molecule has 1 aromatic heterocycles. The van der Waals surface area contributed by atoms with Gasteiger partial charge in [0.25, 0.3) is 0 Å². The van der Waals surface area contributed by atoms with Gasteiger partial charge in [0.1, 0.15) is 0 Å². The summed E-state index contributed by atoms with van der Waals surface area (Å²) in [6, 6.07) is 0. The predicted octanol–water partition coefficient (Wildman–Crippen LogP) is 3.35. The summed E-state index contributed by atoms with van der Waals surface area (Å²) in [6.07, 6.45) is 8.41. The first-order valence-corrected chi connectivity index (χ1v) is 7.86. The highest BCUT2D eigenvalue weighted by molar-refractivity contribution is 5.09. The first-order chi connectivity index (χ1) is 9.27. The lowest BCUT2D eigenvalue weighted by molar-refractivity contribution is 0.248. The zero-order valence-corrected chi connectivity index (χ0v) is 12.1. The van der Waals surface area contributed by atoms with E-state index in [1.165, 1.54) is 32.1 Å². The van der Waals surface area contributed by atoms with Crippen LogP contribution >= 0.6 is 0 Å². The van der Waals surface area contributed by atoms with E-state index in [0.717, 1.165) is 37.0 Å². The van der Waals surface area contributed by atoms with Crippen molar-refractivity contribution in [3.63, 3.8) is 0 Å². The van der Waals surface area contributed by atoms with Gasteiger partial charge in [0.15, 0.2) is 5.82 Å². The van der Waals surface area contributed by atoms with E-state index >= 15 is 0 Å². The fourth-order valence-electron chi connectivity index (χ4n) is 3.72. The van der Waals surface area contributed by atoms with Gasteiger partial charge in [-0.25, -0.2) is 0 Å². The van der Waals surface area contributed by atoms with E-state index in [1.807, 2.05) is 0 Å². The molecule has 1 aliphatic heterocycles. The Morgan fingerprint density at radius 3 is 2.89 bits per heavy atom. The summed E-state index contributed by atoms with van der Waals surface area (Å²) in [6.45, 7) is 5.54. The van der Waals surface area contributed by atoms with Crippen LogP contribution in [0.25, 0.3) is 0 Å². The van der Waals surface area contributed by atoms with Crippen LogP contribution in [0.5, 0.6) is 0 Å². The summed E-state index contributed by atoms with van der Waals surface area (Å²) in [5.74, 6) is 3.16. The topological polar surface area (TPSA) is 51.0 Å². The highest BCUT2D eigenvalue weighted by atomic mass is 16.5. The molecule has 1 aliphatic carbocycles. The van der Waals surface area contributed by atoms with Gasteiger partial charge in [0.05, 0.1) is 5.54 Å². The molecule has 4 nitrogen and oxygen atoms in total. The molecule has 0 bridgehead atoms. The Balaban J connectivity index is 1.76. The van der Waals surface area contributed by atoms with Crippen molar-refractivity contribution in [2.75, 3.05) is 6.54 Å². The number of aromatic nitrogens is 2. The van der Waals surface area contributed by atoms with Crippen molar-refractivity contribution in [2.45, 2.75) is 70.3 Å². The normalized spacial score (nSPS) is 35.1. The van der Waals surface area contributed by atoms with Crippen molar-refractivity contribution < 1.29 is 4.52 Å². The van der Waals surface area contributed by atoms with Crippen LogP contribution in [0.15, 0.2) is 4.52 Å². The van der Waals surface area contributed by atoms with Crippen LogP contribution in [0, 0.1) is 5.92 Å². The Morgan fingerprint density at radius 2 is 2.26 bits per heavy atom. The molecule has 2 heterocycles. The van der Waals surface area contributed by atoms with Gasteiger partial charge in [-0.05, 0) is 51.0 Å². The van der Waals surface area contributed by atoms with Crippen molar-refractivity contribution in [1.29, 1.82) is 0 Å². The van der Waals surface area contributed by atoms with Crippen molar-refractivity contribution in [1.82, 2.24) is 15.5 Å². The highest BCUT2D eigenvalue weighted by Gasteiger charge is 2.39. The molecule has 3 atom stereocenters. The third-order valence-electron chi connectivity index (χ3n) is 5.18. The van der Waals surface area contributed by atoms with E-state index in [-0.39, 0.29) is 5.54 Å². The second-order valence-electron chi connectivity index (χ2n) is 6.21. The summed E-state index contributed by atoms with van der Waals surface area (Å²) in [4.78, 5) is 4.75. The summed E-state index contributed by atoms with van der Waals surface area (Å²) in [5.41, 5.74) is -0.0476. The van der Waals surface area contributed by atoms with E-state index in [4.69, 9.17) is 9.51 Å². The monoisotopic (exact) mass is 263 g/mol. The Bertz CT molecular complexity index is 423. The van der Waals surface area contributed by atoms with Crippen LogP contribution in [0.3, 0.4) is 0 Å². The maximum absolute atomic E-state index is 5.60. The Hall–Kier alpha value is -0.900. The van der Waals surface area contributed by atoms with E-state index in [0.29, 0.717) is 5.92 Å². The summed E-state index contributed by atoms with van der Waals surface area (Å²) < 4.78 is 5.60. The SMILES string of the molecule is CCC1CCC(c2noc(C3(CC)CCCN3)n2)C1. The number of nitrogens with zero attached hydrogens (tertiary/aromatic N) is 2. The number of rotatable bonds is 4. The van der Waals surface area contributed by atoms with Gasteiger partial charge < -0.3 is 9.84 Å². The molecule has 1 saturated heterocycles. The summed E-state index contributed by atoms with van der Waals surface area (Å²) in [7, 11) is 0. The van der Waals surface area contributed by atoms with E-state index in [1.54, 1.807) is 0 Å². The molecule has 0 spiro atoms. The van der Waals surface area contributed by atoms with Crippen molar-refractivity contribution in [3.8, 4) is 0 Å². The molecule has 0 radical (unpaired) electrons. The zero-order valence-electron chi connectivity index (χ0n) is 12.1. The lowest BCUT2D eigenvalue weighted by Crippen LogP contribution is -2.36. The third kappa shape index (κ3) is 2.31. The van der Waals surface area contributed by atoms with Gasteiger partial charge in [-0.15, -0.1) is 0 Å². The second kappa shape index (κ2) is 5.23. The largest absolute Gasteiger partial charge is 0.337 e. The Kier molecular flexibility index (Phi) is 3.61. The predicted molar refractivity (Wildman–Crippen MR) is 73.9 cm³/mol. The van der Waals surface area contributed by atoms with Gasteiger partial charge >= 0.3 is 0 Å². The molecule has 0 amide bonds. The van der Waals surface area contributed by atoms with E-state index in [2.05, 4.69) is 24.3 Å². The number of hydrogen-bond acceptors (Lipinski definition) is 4. The van der Waals surface area contributed by atoms with Gasteiger partial charge in [0.2, 0.25) is 5.89 Å². The van der Waals surface area contributed by atoms with Crippen molar-refractivity contribution >= 4 is 0 Å². The molecule has 1 N–H and O–H groups in total. The minimum Gasteiger partial charge on any atom is -0.337 e. The average molecular weight is 263 g/mol. The van der Waals surface area contributed by atoms with Gasteiger partial charge in [-0.1, -0.05) is 25.4 Å². The molecule has 0 aromatic carbocycles. The maximum atomic E-state index is 5.60. The Morgan fingerprint density at radius 1 is 1.37 bits per heavy atom. The number of nitrogens with one attached hydrogen (secondary N) is 1. The maximum Gasteiger partial charge on any atom is 0.246 e. The van der Waals surface area contributed by atoms with Crippen LogP contribution in [-0.4, -0.2) is 16.7 Å². The molecule has 2 aliphatic rings. The first-order valence-electron chi connectivity index (χ1n) is 7.86. The van der Waals surface area contributed by atoms with E-state index in [9.17, 15) is 0 Å². The third-order valence-corrected chi connectivity index (χ3v) is 5.18. The fourth-order valence-corrected chi connectivity index (χ4v) is 3.72. The molecule has 3 rings (SSSR count). The lowest BCUT2D eigenvalue weighted by Gasteiger charge is -2.22. The first kappa shape index (κ1) is 13.1. The quantitative estimate of drug-likeness (QED) is 0.905. The molecule has 3 unspecified atom stereocenters. The average Bonchev–Trinajstić information content (AvgIpc) is 3.17. The van der Waals surface area contributed by atoms with E-state index < -0.39 is 0 Å². The zero-order chi connectivity index (χ0) is 13.3.